The van der Waals surface area contributed by atoms with Crippen molar-refractivity contribution in [1.29, 1.82) is 0 Å². The molecule has 0 spiro atoms. The quantitative estimate of drug-likeness (QED) is 0.866. The van der Waals surface area contributed by atoms with E-state index < -0.39 is 0 Å². The molecule has 1 saturated carbocycles. The van der Waals surface area contributed by atoms with Gasteiger partial charge in [0.2, 0.25) is 0 Å². The van der Waals surface area contributed by atoms with Gasteiger partial charge in [-0.15, -0.1) is 0 Å². The van der Waals surface area contributed by atoms with Crippen LogP contribution in [0.1, 0.15) is 76.5 Å². The molecule has 0 heterocycles. The van der Waals surface area contributed by atoms with Crippen LogP contribution in [0.5, 0.6) is 0 Å². The molecule has 1 aromatic carbocycles. The zero-order valence-electron chi connectivity index (χ0n) is 14.2. The highest BCUT2D eigenvalue weighted by Crippen LogP contribution is 2.30. The molecular weight excluding hydrogens is 256 g/mol. The average molecular weight is 288 g/mol. The topological polar surface area (TPSA) is 29.3 Å². The summed E-state index contributed by atoms with van der Waals surface area (Å²) in [7, 11) is 0. The van der Waals surface area contributed by atoms with Crippen molar-refractivity contribution in [3.05, 3.63) is 35.4 Å². The Bertz CT molecular complexity index is 416. The second kappa shape index (κ2) is 7.42. The molecule has 1 atom stereocenters. The standard InChI is InChI=1S/C19H32N2/c1-5-21(19-12-10-18(20)11-13-19)15(4)17-8-6-16(7-9-17)14(2)3/h6-9,14-15,18-19H,5,10-13,20H2,1-4H3. The van der Waals surface area contributed by atoms with Gasteiger partial charge < -0.3 is 5.73 Å². The molecule has 0 radical (unpaired) electrons. The molecule has 2 heteroatoms. The van der Waals surface area contributed by atoms with Crippen LogP contribution in [0.25, 0.3) is 0 Å². The summed E-state index contributed by atoms with van der Waals surface area (Å²) in [6.45, 7) is 10.3. The first-order chi connectivity index (χ1) is 10.0. The van der Waals surface area contributed by atoms with Gasteiger partial charge in [0.25, 0.3) is 0 Å². The van der Waals surface area contributed by atoms with E-state index in [0.717, 1.165) is 6.54 Å². The number of benzene rings is 1. The third-order valence-electron chi connectivity index (χ3n) is 5.16. The molecule has 1 aromatic rings. The van der Waals surface area contributed by atoms with Crippen LogP contribution in [0, 0.1) is 0 Å². The molecule has 2 N–H and O–H groups in total. The lowest BCUT2D eigenvalue weighted by Crippen LogP contribution is -2.42. The predicted octanol–water partition coefficient (Wildman–Crippen LogP) is 4.46. The Morgan fingerprint density at radius 2 is 1.52 bits per heavy atom. The minimum atomic E-state index is 0.431. The van der Waals surface area contributed by atoms with Crippen molar-refractivity contribution in [3.8, 4) is 0 Å². The van der Waals surface area contributed by atoms with Gasteiger partial charge in [0.1, 0.15) is 0 Å². The van der Waals surface area contributed by atoms with Gasteiger partial charge in [-0.3, -0.25) is 4.90 Å². The van der Waals surface area contributed by atoms with E-state index in [1.807, 2.05) is 0 Å². The van der Waals surface area contributed by atoms with Crippen LogP contribution in [-0.2, 0) is 0 Å². The molecule has 0 amide bonds. The molecule has 0 aromatic heterocycles. The van der Waals surface area contributed by atoms with Gasteiger partial charge in [-0.2, -0.15) is 0 Å². The smallest absolute Gasteiger partial charge is 0.0322 e. The summed E-state index contributed by atoms with van der Waals surface area (Å²) in [6, 6.07) is 10.8. The Morgan fingerprint density at radius 3 is 2.00 bits per heavy atom. The number of hydrogen-bond acceptors (Lipinski definition) is 2. The van der Waals surface area contributed by atoms with Crippen LogP contribution < -0.4 is 5.73 Å². The summed E-state index contributed by atoms with van der Waals surface area (Å²) in [5.41, 5.74) is 8.92. The summed E-state index contributed by atoms with van der Waals surface area (Å²) < 4.78 is 0. The first-order valence-corrected chi connectivity index (χ1v) is 8.64. The molecule has 2 nitrogen and oxygen atoms in total. The van der Waals surface area contributed by atoms with Gasteiger partial charge in [-0.05, 0) is 56.2 Å². The molecule has 0 aliphatic heterocycles. The normalized spacial score (nSPS) is 24.5. The maximum absolute atomic E-state index is 6.05. The first-order valence-electron chi connectivity index (χ1n) is 8.64. The Balaban J connectivity index is 2.06. The second-order valence-electron chi connectivity index (χ2n) is 6.90. The average Bonchev–Trinajstić information content (AvgIpc) is 2.50. The van der Waals surface area contributed by atoms with E-state index in [-0.39, 0.29) is 0 Å². The maximum atomic E-state index is 6.05. The van der Waals surface area contributed by atoms with Crippen molar-refractivity contribution in [2.24, 2.45) is 5.73 Å². The van der Waals surface area contributed by atoms with Crippen LogP contribution in [0.3, 0.4) is 0 Å². The SMILES string of the molecule is CCN(C1CCC(N)CC1)C(C)c1ccc(C(C)C)cc1. The van der Waals surface area contributed by atoms with Crippen LogP contribution in [0.15, 0.2) is 24.3 Å². The molecule has 0 bridgehead atoms. The van der Waals surface area contributed by atoms with Gasteiger partial charge >= 0.3 is 0 Å². The summed E-state index contributed by atoms with van der Waals surface area (Å²) in [5.74, 6) is 0.608. The highest BCUT2D eigenvalue weighted by molar-refractivity contribution is 5.26. The van der Waals surface area contributed by atoms with Crippen LogP contribution >= 0.6 is 0 Å². The fourth-order valence-corrected chi connectivity index (χ4v) is 3.63. The number of nitrogens with two attached hydrogens (primary N) is 1. The van der Waals surface area contributed by atoms with Gasteiger partial charge in [0.15, 0.2) is 0 Å². The van der Waals surface area contributed by atoms with Crippen molar-refractivity contribution in [2.75, 3.05) is 6.54 Å². The zero-order valence-corrected chi connectivity index (χ0v) is 14.2. The summed E-state index contributed by atoms with van der Waals surface area (Å²) in [4.78, 5) is 2.66. The lowest BCUT2D eigenvalue weighted by molar-refractivity contribution is 0.114. The van der Waals surface area contributed by atoms with Gasteiger partial charge in [-0.1, -0.05) is 45.0 Å². The first kappa shape index (κ1) is 16.5. The minimum Gasteiger partial charge on any atom is -0.328 e. The van der Waals surface area contributed by atoms with E-state index in [9.17, 15) is 0 Å². The second-order valence-corrected chi connectivity index (χ2v) is 6.90. The van der Waals surface area contributed by atoms with Crippen LogP contribution in [-0.4, -0.2) is 23.5 Å². The molecule has 1 unspecified atom stereocenters. The van der Waals surface area contributed by atoms with Crippen LogP contribution in [0.4, 0.5) is 0 Å². The van der Waals surface area contributed by atoms with Gasteiger partial charge in [0.05, 0.1) is 0 Å². The fraction of sp³-hybridized carbons (Fsp3) is 0.684. The van der Waals surface area contributed by atoms with Crippen molar-refractivity contribution in [1.82, 2.24) is 4.90 Å². The van der Waals surface area contributed by atoms with E-state index >= 15 is 0 Å². The maximum Gasteiger partial charge on any atom is 0.0322 e. The molecule has 2 rings (SSSR count). The Labute approximate surface area is 130 Å². The van der Waals surface area contributed by atoms with Gasteiger partial charge in [0, 0.05) is 18.1 Å². The third kappa shape index (κ3) is 4.08. The number of nitrogens with zero attached hydrogens (tertiary/aromatic N) is 1. The largest absolute Gasteiger partial charge is 0.328 e. The monoisotopic (exact) mass is 288 g/mol. The van der Waals surface area contributed by atoms with Crippen molar-refractivity contribution in [3.63, 3.8) is 0 Å². The molecule has 21 heavy (non-hydrogen) atoms. The van der Waals surface area contributed by atoms with E-state index in [4.69, 9.17) is 5.73 Å². The van der Waals surface area contributed by atoms with Crippen molar-refractivity contribution < 1.29 is 0 Å². The summed E-state index contributed by atoms with van der Waals surface area (Å²) in [6.07, 6.45) is 4.87. The predicted molar refractivity (Wildman–Crippen MR) is 91.6 cm³/mol. The molecule has 1 fully saturated rings. The van der Waals surface area contributed by atoms with E-state index in [1.54, 1.807) is 0 Å². The molecule has 0 saturated heterocycles. The zero-order chi connectivity index (χ0) is 15.4. The van der Waals surface area contributed by atoms with Gasteiger partial charge in [-0.25, -0.2) is 0 Å². The van der Waals surface area contributed by atoms with E-state index in [2.05, 4.69) is 56.9 Å². The third-order valence-corrected chi connectivity index (χ3v) is 5.16. The highest BCUT2D eigenvalue weighted by atomic mass is 15.2. The van der Waals surface area contributed by atoms with Crippen LogP contribution in [0.2, 0.25) is 0 Å². The Kier molecular flexibility index (Phi) is 5.83. The van der Waals surface area contributed by atoms with E-state index in [1.165, 1.54) is 36.8 Å². The Hall–Kier alpha value is -0.860. The number of rotatable bonds is 5. The molecular formula is C19H32N2. The molecule has 1 aliphatic carbocycles. The Morgan fingerprint density at radius 1 is 1.00 bits per heavy atom. The van der Waals surface area contributed by atoms with Crippen molar-refractivity contribution >= 4 is 0 Å². The number of hydrogen-bond donors (Lipinski definition) is 1. The lowest BCUT2D eigenvalue weighted by Gasteiger charge is -2.39. The highest BCUT2D eigenvalue weighted by Gasteiger charge is 2.27. The van der Waals surface area contributed by atoms with E-state index in [0.29, 0.717) is 24.0 Å². The minimum absolute atomic E-state index is 0.431. The summed E-state index contributed by atoms with van der Waals surface area (Å²) in [5, 5.41) is 0. The molecule has 1 aliphatic rings. The fourth-order valence-electron chi connectivity index (χ4n) is 3.63. The van der Waals surface area contributed by atoms with Crippen molar-refractivity contribution in [2.45, 2.75) is 77.4 Å². The lowest BCUT2D eigenvalue weighted by atomic mass is 9.89. The summed E-state index contributed by atoms with van der Waals surface area (Å²) >= 11 is 0. The molecule has 118 valence electrons.